The first kappa shape index (κ1) is 14.3. The Hall–Kier alpha value is -0.0900. The molecule has 100 valence electrons. The lowest BCUT2D eigenvalue weighted by Gasteiger charge is -2.26. The van der Waals surface area contributed by atoms with Gasteiger partial charge in [0.25, 0.3) is 0 Å². The minimum absolute atomic E-state index is 0.115. The van der Waals surface area contributed by atoms with Crippen LogP contribution in [-0.2, 0) is 6.54 Å². The number of benzene rings is 1. The van der Waals surface area contributed by atoms with E-state index >= 15 is 0 Å². The molecule has 1 aromatic carbocycles. The summed E-state index contributed by atoms with van der Waals surface area (Å²) in [6.45, 7) is 2.01. The SMILES string of the molecule is OCC1(CNCc2ccc(Cl)c(Br)c2)CCCC1. The van der Waals surface area contributed by atoms with Gasteiger partial charge in [-0.25, -0.2) is 0 Å². The molecule has 18 heavy (non-hydrogen) atoms. The van der Waals surface area contributed by atoms with Gasteiger partial charge in [-0.1, -0.05) is 30.5 Å². The molecular weight excluding hydrogens is 314 g/mol. The third-order valence-corrected chi connectivity index (χ3v) is 5.03. The highest BCUT2D eigenvalue weighted by molar-refractivity contribution is 9.10. The number of halogens is 2. The molecule has 0 spiro atoms. The Balaban J connectivity index is 1.86. The third kappa shape index (κ3) is 3.47. The molecule has 1 aliphatic rings. The molecule has 0 amide bonds. The molecule has 0 bridgehead atoms. The summed E-state index contributed by atoms with van der Waals surface area (Å²) in [4.78, 5) is 0. The van der Waals surface area contributed by atoms with Gasteiger partial charge in [0.2, 0.25) is 0 Å². The Bertz CT molecular complexity index is 405. The van der Waals surface area contributed by atoms with Gasteiger partial charge in [-0.05, 0) is 46.5 Å². The van der Waals surface area contributed by atoms with Crippen LogP contribution in [-0.4, -0.2) is 18.3 Å². The molecule has 2 nitrogen and oxygen atoms in total. The molecule has 2 N–H and O–H groups in total. The van der Waals surface area contributed by atoms with E-state index in [1.165, 1.54) is 18.4 Å². The largest absolute Gasteiger partial charge is 0.396 e. The first-order valence-electron chi connectivity index (χ1n) is 6.41. The van der Waals surface area contributed by atoms with Crippen molar-refractivity contribution in [2.45, 2.75) is 32.2 Å². The van der Waals surface area contributed by atoms with Gasteiger partial charge in [-0.15, -0.1) is 0 Å². The van der Waals surface area contributed by atoms with Gasteiger partial charge in [0.05, 0.1) is 5.02 Å². The molecule has 1 aromatic rings. The maximum Gasteiger partial charge on any atom is 0.0548 e. The number of hydrogen-bond donors (Lipinski definition) is 2. The number of aliphatic hydroxyl groups is 1. The fraction of sp³-hybridized carbons (Fsp3) is 0.571. The smallest absolute Gasteiger partial charge is 0.0548 e. The number of aliphatic hydroxyl groups excluding tert-OH is 1. The van der Waals surface area contributed by atoms with E-state index < -0.39 is 0 Å². The average molecular weight is 333 g/mol. The Morgan fingerprint density at radius 3 is 2.67 bits per heavy atom. The molecule has 1 saturated carbocycles. The van der Waals surface area contributed by atoms with E-state index in [0.29, 0.717) is 6.61 Å². The number of nitrogens with one attached hydrogen (secondary N) is 1. The first-order valence-corrected chi connectivity index (χ1v) is 7.58. The van der Waals surface area contributed by atoms with E-state index in [1.54, 1.807) is 0 Å². The van der Waals surface area contributed by atoms with Crippen molar-refractivity contribution in [3.8, 4) is 0 Å². The second-order valence-corrected chi connectivity index (χ2v) is 6.48. The summed E-state index contributed by atoms with van der Waals surface area (Å²) in [5.74, 6) is 0. The topological polar surface area (TPSA) is 32.3 Å². The van der Waals surface area contributed by atoms with Gasteiger partial charge < -0.3 is 10.4 Å². The van der Waals surface area contributed by atoms with Crippen molar-refractivity contribution in [1.29, 1.82) is 0 Å². The summed E-state index contributed by atoms with van der Waals surface area (Å²) in [6, 6.07) is 5.97. The van der Waals surface area contributed by atoms with Crippen molar-refractivity contribution in [2.24, 2.45) is 5.41 Å². The highest BCUT2D eigenvalue weighted by atomic mass is 79.9. The lowest BCUT2D eigenvalue weighted by atomic mass is 9.87. The summed E-state index contributed by atoms with van der Waals surface area (Å²) < 4.78 is 0.932. The van der Waals surface area contributed by atoms with Crippen LogP contribution in [0.1, 0.15) is 31.2 Å². The van der Waals surface area contributed by atoms with E-state index in [2.05, 4.69) is 21.2 Å². The molecule has 1 aliphatic carbocycles. The van der Waals surface area contributed by atoms with Crippen LogP contribution < -0.4 is 5.32 Å². The van der Waals surface area contributed by atoms with Crippen LogP contribution in [0.3, 0.4) is 0 Å². The van der Waals surface area contributed by atoms with E-state index in [4.69, 9.17) is 11.6 Å². The van der Waals surface area contributed by atoms with E-state index in [-0.39, 0.29) is 5.41 Å². The van der Waals surface area contributed by atoms with Crippen LogP contribution in [0, 0.1) is 5.41 Å². The Morgan fingerprint density at radius 1 is 1.33 bits per heavy atom. The second-order valence-electron chi connectivity index (χ2n) is 5.22. The monoisotopic (exact) mass is 331 g/mol. The zero-order valence-corrected chi connectivity index (χ0v) is 12.7. The summed E-state index contributed by atoms with van der Waals surface area (Å²) in [5, 5.41) is 13.7. The van der Waals surface area contributed by atoms with Crippen LogP contribution in [0.15, 0.2) is 22.7 Å². The molecule has 1 fully saturated rings. The predicted molar refractivity (Wildman–Crippen MR) is 78.8 cm³/mol. The van der Waals surface area contributed by atoms with Gasteiger partial charge in [0, 0.05) is 29.6 Å². The fourth-order valence-electron chi connectivity index (χ4n) is 2.64. The Labute approximate surface area is 122 Å². The number of rotatable bonds is 5. The molecule has 0 aliphatic heterocycles. The maximum atomic E-state index is 9.53. The zero-order chi connectivity index (χ0) is 13.0. The van der Waals surface area contributed by atoms with Crippen LogP contribution in [0.5, 0.6) is 0 Å². The van der Waals surface area contributed by atoms with Crippen molar-refractivity contribution >= 4 is 27.5 Å². The van der Waals surface area contributed by atoms with Gasteiger partial charge in [0.1, 0.15) is 0 Å². The Kier molecular flexibility index (Phi) is 5.07. The maximum absolute atomic E-state index is 9.53. The summed E-state index contributed by atoms with van der Waals surface area (Å²) in [6.07, 6.45) is 4.77. The molecule has 4 heteroatoms. The van der Waals surface area contributed by atoms with Crippen molar-refractivity contribution in [3.63, 3.8) is 0 Å². The Morgan fingerprint density at radius 2 is 2.06 bits per heavy atom. The fourth-order valence-corrected chi connectivity index (χ4v) is 3.18. The first-order chi connectivity index (χ1) is 8.65. The quantitative estimate of drug-likeness (QED) is 0.861. The summed E-state index contributed by atoms with van der Waals surface area (Å²) in [7, 11) is 0. The highest BCUT2D eigenvalue weighted by Gasteiger charge is 2.32. The molecule has 0 radical (unpaired) electrons. The van der Waals surface area contributed by atoms with Crippen molar-refractivity contribution in [3.05, 3.63) is 33.3 Å². The highest BCUT2D eigenvalue weighted by Crippen LogP contribution is 2.36. The van der Waals surface area contributed by atoms with E-state index in [9.17, 15) is 5.11 Å². The second kappa shape index (κ2) is 6.38. The minimum atomic E-state index is 0.115. The van der Waals surface area contributed by atoms with Crippen LogP contribution >= 0.6 is 27.5 Å². The van der Waals surface area contributed by atoms with Gasteiger partial charge >= 0.3 is 0 Å². The molecule has 0 heterocycles. The van der Waals surface area contributed by atoms with Crippen LogP contribution in [0.25, 0.3) is 0 Å². The molecular formula is C14H19BrClNO. The van der Waals surface area contributed by atoms with Crippen LogP contribution in [0.4, 0.5) is 0 Å². The van der Waals surface area contributed by atoms with Gasteiger partial charge in [0.15, 0.2) is 0 Å². The predicted octanol–water partition coefficient (Wildman–Crippen LogP) is 3.74. The minimum Gasteiger partial charge on any atom is -0.396 e. The van der Waals surface area contributed by atoms with E-state index in [1.807, 2.05) is 18.2 Å². The standard InChI is InChI=1S/C14H19BrClNO/c15-12-7-11(3-4-13(12)16)8-17-9-14(10-18)5-1-2-6-14/h3-4,7,17-18H,1-2,5-6,8-10H2. The van der Waals surface area contributed by atoms with Crippen molar-refractivity contribution in [1.82, 2.24) is 5.32 Å². The zero-order valence-electron chi connectivity index (χ0n) is 10.4. The van der Waals surface area contributed by atoms with Gasteiger partial charge in [-0.2, -0.15) is 0 Å². The summed E-state index contributed by atoms with van der Waals surface area (Å²) >= 11 is 9.39. The van der Waals surface area contributed by atoms with Crippen molar-refractivity contribution < 1.29 is 5.11 Å². The molecule has 0 unspecified atom stereocenters. The molecule has 0 atom stereocenters. The number of hydrogen-bond acceptors (Lipinski definition) is 2. The summed E-state index contributed by atoms with van der Waals surface area (Å²) in [5.41, 5.74) is 1.32. The molecule has 2 rings (SSSR count). The normalized spacial score (nSPS) is 18.2. The lowest BCUT2D eigenvalue weighted by Crippen LogP contribution is -2.34. The third-order valence-electron chi connectivity index (χ3n) is 3.81. The molecule has 0 aromatic heterocycles. The average Bonchev–Trinajstić information content (AvgIpc) is 2.83. The van der Waals surface area contributed by atoms with E-state index in [0.717, 1.165) is 35.4 Å². The van der Waals surface area contributed by atoms with Crippen molar-refractivity contribution in [2.75, 3.05) is 13.2 Å². The lowest BCUT2D eigenvalue weighted by molar-refractivity contribution is 0.128. The van der Waals surface area contributed by atoms with Gasteiger partial charge in [-0.3, -0.25) is 0 Å². The van der Waals surface area contributed by atoms with Crippen LogP contribution in [0.2, 0.25) is 5.02 Å². The molecule has 0 saturated heterocycles.